The van der Waals surface area contributed by atoms with Crippen molar-refractivity contribution < 1.29 is 4.52 Å². The van der Waals surface area contributed by atoms with Gasteiger partial charge in [0.05, 0.1) is 24.2 Å². The van der Waals surface area contributed by atoms with Gasteiger partial charge in [-0.1, -0.05) is 18.1 Å². The molecule has 0 atom stereocenters. The third kappa shape index (κ3) is 3.75. The van der Waals surface area contributed by atoms with Crippen LogP contribution < -0.4 is 5.56 Å². The molecule has 1 fully saturated rings. The lowest BCUT2D eigenvalue weighted by atomic mass is 9.99. The van der Waals surface area contributed by atoms with E-state index in [9.17, 15) is 4.79 Å². The molecule has 0 N–H and O–H groups in total. The number of hydrogen-bond acceptors (Lipinski definition) is 7. The molecule has 1 aliphatic heterocycles. The Kier molecular flexibility index (Phi) is 5.30. The average Bonchev–Trinajstić information content (AvgIpc) is 3.47. The number of thiophene rings is 2. The Hall–Kier alpha value is -2.29. The lowest BCUT2D eigenvalue weighted by Crippen LogP contribution is -2.35. The van der Waals surface area contributed by atoms with Crippen LogP contribution >= 0.6 is 22.7 Å². The molecule has 1 aliphatic rings. The number of aryl methyl sites for hydroxylation is 1. The summed E-state index contributed by atoms with van der Waals surface area (Å²) in [6, 6.07) is 5.95. The summed E-state index contributed by atoms with van der Waals surface area (Å²) in [7, 11) is 0. The Morgan fingerprint density at radius 1 is 1.23 bits per heavy atom. The molecule has 0 radical (unpaired) electrons. The third-order valence-electron chi connectivity index (χ3n) is 5.79. The monoisotopic (exact) mass is 440 g/mol. The first-order valence-corrected chi connectivity index (χ1v) is 12.0. The zero-order chi connectivity index (χ0) is 20.7. The minimum absolute atomic E-state index is 0.000851. The first kappa shape index (κ1) is 19.7. The summed E-state index contributed by atoms with van der Waals surface area (Å²) in [5.41, 5.74) is 1.79. The summed E-state index contributed by atoms with van der Waals surface area (Å²) in [4.78, 5) is 23.0. The molecule has 0 aliphatic carbocycles. The van der Waals surface area contributed by atoms with Gasteiger partial charge in [0.15, 0.2) is 5.76 Å². The zero-order valence-electron chi connectivity index (χ0n) is 17.1. The first-order chi connectivity index (χ1) is 14.6. The molecule has 4 aromatic rings. The molecular weight excluding hydrogens is 416 g/mol. The fourth-order valence-corrected chi connectivity index (χ4v) is 5.80. The fraction of sp³-hybridized carbons (Fsp3) is 0.409. The van der Waals surface area contributed by atoms with Crippen LogP contribution in [0.15, 0.2) is 38.3 Å². The van der Waals surface area contributed by atoms with Gasteiger partial charge in [-0.25, -0.2) is 4.98 Å². The molecule has 5 heterocycles. The SMILES string of the molecule is Cc1cc(Cn2c(CN3CCC(C)CC3)nc3scc(-c4cccs4)c3c2=O)on1. The number of likely N-dealkylation sites (tertiary alicyclic amines) is 1. The Morgan fingerprint density at radius 3 is 2.77 bits per heavy atom. The van der Waals surface area contributed by atoms with Gasteiger partial charge in [0.2, 0.25) is 0 Å². The van der Waals surface area contributed by atoms with Crippen molar-refractivity contribution in [3.63, 3.8) is 0 Å². The number of nitrogens with zero attached hydrogens (tertiary/aromatic N) is 4. The summed E-state index contributed by atoms with van der Waals surface area (Å²) in [5.74, 6) is 2.24. The predicted octanol–water partition coefficient (Wildman–Crippen LogP) is 4.76. The van der Waals surface area contributed by atoms with Gasteiger partial charge in [0, 0.05) is 21.9 Å². The zero-order valence-corrected chi connectivity index (χ0v) is 18.8. The van der Waals surface area contributed by atoms with Crippen molar-refractivity contribution in [2.45, 2.75) is 39.8 Å². The normalized spacial score (nSPS) is 15.9. The summed E-state index contributed by atoms with van der Waals surface area (Å²) in [6.45, 7) is 7.31. The van der Waals surface area contributed by atoms with Crippen LogP contribution in [0.4, 0.5) is 0 Å². The molecule has 0 unspecified atom stereocenters. The van der Waals surface area contributed by atoms with Gasteiger partial charge in [-0.2, -0.15) is 0 Å². The topological polar surface area (TPSA) is 64.2 Å². The summed E-state index contributed by atoms with van der Waals surface area (Å²) >= 11 is 3.19. The molecule has 0 bridgehead atoms. The summed E-state index contributed by atoms with van der Waals surface area (Å²) in [6.07, 6.45) is 2.38. The van der Waals surface area contributed by atoms with Crippen molar-refractivity contribution in [2.75, 3.05) is 13.1 Å². The van der Waals surface area contributed by atoms with E-state index in [4.69, 9.17) is 9.51 Å². The van der Waals surface area contributed by atoms with Crippen molar-refractivity contribution in [3.05, 3.63) is 56.6 Å². The molecule has 0 spiro atoms. The molecule has 0 aromatic carbocycles. The Balaban J connectivity index is 1.60. The van der Waals surface area contributed by atoms with E-state index in [0.29, 0.717) is 24.2 Å². The highest BCUT2D eigenvalue weighted by atomic mass is 32.1. The Labute approximate surface area is 182 Å². The molecule has 4 aromatic heterocycles. The van der Waals surface area contributed by atoms with E-state index in [-0.39, 0.29) is 5.56 Å². The van der Waals surface area contributed by atoms with Crippen LogP contribution in [0.5, 0.6) is 0 Å². The number of piperidine rings is 1. The molecule has 0 amide bonds. The maximum absolute atomic E-state index is 13.7. The molecule has 5 rings (SSSR count). The van der Waals surface area contributed by atoms with Gasteiger partial charge in [-0.05, 0) is 50.2 Å². The summed E-state index contributed by atoms with van der Waals surface area (Å²) < 4.78 is 7.21. The van der Waals surface area contributed by atoms with Crippen LogP contribution in [0.25, 0.3) is 20.7 Å². The second-order valence-electron chi connectivity index (χ2n) is 8.12. The molecule has 156 valence electrons. The average molecular weight is 441 g/mol. The maximum Gasteiger partial charge on any atom is 0.263 e. The van der Waals surface area contributed by atoms with Crippen LogP contribution in [-0.2, 0) is 13.1 Å². The van der Waals surface area contributed by atoms with Crippen LogP contribution in [-0.4, -0.2) is 32.7 Å². The number of rotatable bonds is 5. The van der Waals surface area contributed by atoms with Crippen LogP contribution in [0, 0.1) is 12.8 Å². The van der Waals surface area contributed by atoms with Crippen molar-refractivity contribution >= 4 is 32.9 Å². The van der Waals surface area contributed by atoms with E-state index in [0.717, 1.165) is 45.8 Å². The minimum Gasteiger partial charge on any atom is -0.359 e. The van der Waals surface area contributed by atoms with Crippen LogP contribution in [0.2, 0.25) is 0 Å². The van der Waals surface area contributed by atoms with Crippen molar-refractivity contribution in [3.8, 4) is 10.4 Å². The predicted molar refractivity (Wildman–Crippen MR) is 121 cm³/mol. The van der Waals surface area contributed by atoms with Crippen LogP contribution in [0.3, 0.4) is 0 Å². The maximum atomic E-state index is 13.7. The standard InChI is InChI=1S/C22H24N4O2S2/c1-14-5-7-25(8-6-14)12-19-23-21-20(17(13-30-21)18-4-3-9-29-18)22(27)26(19)11-16-10-15(2)24-28-16/h3-4,9-10,13-14H,5-8,11-12H2,1-2H3. The van der Waals surface area contributed by atoms with E-state index in [1.54, 1.807) is 27.2 Å². The van der Waals surface area contributed by atoms with Gasteiger partial charge < -0.3 is 4.52 Å². The molecule has 8 heteroatoms. The van der Waals surface area contributed by atoms with Crippen molar-refractivity contribution in [1.29, 1.82) is 0 Å². The highest BCUT2D eigenvalue weighted by Crippen LogP contribution is 2.34. The van der Waals surface area contributed by atoms with Gasteiger partial charge >= 0.3 is 0 Å². The summed E-state index contributed by atoms with van der Waals surface area (Å²) in [5, 5.41) is 8.78. The largest absolute Gasteiger partial charge is 0.359 e. The fourth-order valence-electron chi connectivity index (χ4n) is 4.03. The quantitative estimate of drug-likeness (QED) is 0.448. The van der Waals surface area contributed by atoms with E-state index in [1.165, 1.54) is 12.8 Å². The van der Waals surface area contributed by atoms with Crippen LogP contribution in [0.1, 0.15) is 37.0 Å². The van der Waals surface area contributed by atoms with E-state index >= 15 is 0 Å². The second-order valence-corrected chi connectivity index (χ2v) is 9.93. The van der Waals surface area contributed by atoms with Gasteiger partial charge in [-0.3, -0.25) is 14.3 Å². The second kappa shape index (κ2) is 8.09. The van der Waals surface area contributed by atoms with E-state index in [1.807, 2.05) is 24.4 Å². The third-order valence-corrected chi connectivity index (χ3v) is 7.57. The highest BCUT2D eigenvalue weighted by Gasteiger charge is 2.22. The van der Waals surface area contributed by atoms with Gasteiger partial charge in [0.25, 0.3) is 5.56 Å². The number of aromatic nitrogens is 3. The number of hydrogen-bond donors (Lipinski definition) is 0. The lowest BCUT2D eigenvalue weighted by molar-refractivity contribution is 0.178. The van der Waals surface area contributed by atoms with E-state index < -0.39 is 0 Å². The van der Waals surface area contributed by atoms with Gasteiger partial charge in [-0.15, -0.1) is 22.7 Å². The molecule has 0 saturated carbocycles. The van der Waals surface area contributed by atoms with Crippen molar-refractivity contribution in [2.24, 2.45) is 5.92 Å². The Morgan fingerprint density at radius 2 is 2.07 bits per heavy atom. The lowest BCUT2D eigenvalue weighted by Gasteiger charge is -2.30. The highest BCUT2D eigenvalue weighted by molar-refractivity contribution is 7.18. The Bertz CT molecular complexity index is 1210. The molecular formula is C22H24N4O2S2. The molecule has 6 nitrogen and oxygen atoms in total. The van der Waals surface area contributed by atoms with E-state index in [2.05, 4.69) is 28.4 Å². The minimum atomic E-state index is -0.000851. The smallest absolute Gasteiger partial charge is 0.263 e. The van der Waals surface area contributed by atoms with Gasteiger partial charge in [0.1, 0.15) is 10.7 Å². The molecule has 30 heavy (non-hydrogen) atoms. The number of fused-ring (bicyclic) bond motifs is 1. The molecule has 1 saturated heterocycles. The van der Waals surface area contributed by atoms with Crippen molar-refractivity contribution in [1.82, 2.24) is 19.6 Å². The first-order valence-electron chi connectivity index (χ1n) is 10.3.